The molecule has 0 saturated heterocycles. The van der Waals surface area contributed by atoms with Gasteiger partial charge in [-0.25, -0.2) is 0 Å². The molecule has 118 valence electrons. The van der Waals surface area contributed by atoms with E-state index < -0.39 is 0 Å². The summed E-state index contributed by atoms with van der Waals surface area (Å²) < 4.78 is 0. The Balaban J connectivity index is 1.49. The Morgan fingerprint density at radius 3 is 2.05 bits per heavy atom. The lowest BCUT2D eigenvalue weighted by Gasteiger charge is -2.56. The molecule has 0 unspecified atom stereocenters. The molecule has 3 nitrogen and oxygen atoms in total. The zero-order valence-corrected chi connectivity index (χ0v) is 13.5. The van der Waals surface area contributed by atoms with Crippen LogP contribution in [0.1, 0.15) is 65.2 Å². The van der Waals surface area contributed by atoms with Crippen molar-refractivity contribution in [3.63, 3.8) is 0 Å². The maximum Gasteiger partial charge on any atom is 0.227 e. The topological polar surface area (TPSA) is 46.2 Å². The van der Waals surface area contributed by atoms with Crippen molar-refractivity contribution < 1.29 is 9.59 Å². The fourth-order valence-electron chi connectivity index (χ4n) is 5.56. The number of amides is 1. The van der Waals surface area contributed by atoms with E-state index in [1.807, 2.05) is 13.8 Å². The van der Waals surface area contributed by atoms with E-state index in [2.05, 4.69) is 5.32 Å². The van der Waals surface area contributed by atoms with E-state index >= 15 is 0 Å². The van der Waals surface area contributed by atoms with Gasteiger partial charge in [0.05, 0.1) is 6.42 Å². The van der Waals surface area contributed by atoms with Gasteiger partial charge in [0, 0.05) is 13.0 Å². The van der Waals surface area contributed by atoms with Gasteiger partial charge >= 0.3 is 0 Å². The van der Waals surface area contributed by atoms with Crippen molar-refractivity contribution in [3.8, 4) is 0 Å². The number of carbonyl (C=O) groups excluding carboxylic acids is 2. The smallest absolute Gasteiger partial charge is 0.227 e. The number of nitrogens with one attached hydrogen (secondary N) is 1. The van der Waals surface area contributed by atoms with Gasteiger partial charge in [-0.05, 0) is 67.6 Å². The molecule has 0 radical (unpaired) electrons. The van der Waals surface area contributed by atoms with E-state index in [1.165, 1.54) is 38.5 Å². The molecule has 1 amide bonds. The second-order valence-corrected chi connectivity index (χ2v) is 8.51. The molecule has 0 aromatic rings. The molecule has 0 spiro atoms. The first-order valence-corrected chi connectivity index (χ1v) is 8.72. The van der Waals surface area contributed by atoms with Crippen LogP contribution in [-0.2, 0) is 9.59 Å². The third-order valence-electron chi connectivity index (χ3n) is 5.82. The fraction of sp³-hybridized carbons (Fsp3) is 0.889. The molecule has 4 bridgehead atoms. The Hall–Kier alpha value is -0.860. The number of rotatable bonds is 6. The predicted molar refractivity (Wildman–Crippen MR) is 82.7 cm³/mol. The van der Waals surface area contributed by atoms with Gasteiger partial charge in [0.1, 0.15) is 5.78 Å². The van der Waals surface area contributed by atoms with Gasteiger partial charge in [0.2, 0.25) is 5.91 Å². The Morgan fingerprint density at radius 2 is 1.57 bits per heavy atom. The highest BCUT2D eigenvalue weighted by molar-refractivity contribution is 5.98. The van der Waals surface area contributed by atoms with Crippen LogP contribution in [0.3, 0.4) is 0 Å². The number of hydrogen-bond acceptors (Lipinski definition) is 2. The van der Waals surface area contributed by atoms with Crippen LogP contribution in [0.15, 0.2) is 0 Å². The van der Waals surface area contributed by atoms with Crippen molar-refractivity contribution in [2.75, 3.05) is 6.54 Å². The molecule has 4 saturated carbocycles. The van der Waals surface area contributed by atoms with E-state index in [0.717, 1.165) is 24.3 Å². The summed E-state index contributed by atoms with van der Waals surface area (Å²) in [5.74, 6) is 3.10. The number of ketones is 1. The normalized spacial score (nSPS) is 37.0. The van der Waals surface area contributed by atoms with Gasteiger partial charge in [-0.15, -0.1) is 0 Å². The SMILES string of the molecule is CC(C)CC(=O)CC(=O)NCC12CC3CC(CC(C3)C1)C2. The summed E-state index contributed by atoms with van der Waals surface area (Å²) in [5, 5.41) is 3.08. The van der Waals surface area contributed by atoms with Gasteiger partial charge in [-0.3, -0.25) is 9.59 Å². The van der Waals surface area contributed by atoms with E-state index in [4.69, 9.17) is 0 Å². The summed E-state index contributed by atoms with van der Waals surface area (Å²) >= 11 is 0. The maximum atomic E-state index is 12.0. The van der Waals surface area contributed by atoms with Gasteiger partial charge in [0.25, 0.3) is 0 Å². The minimum Gasteiger partial charge on any atom is -0.355 e. The Bertz CT molecular complexity index is 392. The fourth-order valence-corrected chi connectivity index (χ4v) is 5.56. The van der Waals surface area contributed by atoms with Crippen molar-refractivity contribution >= 4 is 11.7 Å². The number of hydrogen-bond donors (Lipinski definition) is 1. The second kappa shape index (κ2) is 5.73. The standard InChI is InChI=1S/C18H29NO2/c1-12(2)3-16(20)7-17(21)19-11-18-8-13-4-14(9-18)6-15(5-13)10-18/h12-15H,3-11H2,1-2H3,(H,19,21). The first-order valence-electron chi connectivity index (χ1n) is 8.72. The van der Waals surface area contributed by atoms with E-state index in [9.17, 15) is 9.59 Å². The quantitative estimate of drug-likeness (QED) is 0.763. The number of Topliss-reactive ketones (excluding diaryl/α,β-unsaturated/α-hetero) is 1. The summed E-state index contributed by atoms with van der Waals surface area (Å²) in [6.07, 6.45) is 8.80. The molecule has 1 N–H and O–H groups in total. The van der Waals surface area contributed by atoms with Crippen LogP contribution >= 0.6 is 0 Å². The maximum absolute atomic E-state index is 12.0. The number of carbonyl (C=O) groups is 2. The van der Waals surface area contributed by atoms with Crippen molar-refractivity contribution in [1.29, 1.82) is 0 Å². The third-order valence-corrected chi connectivity index (χ3v) is 5.82. The molecule has 0 aliphatic heterocycles. The summed E-state index contributed by atoms with van der Waals surface area (Å²) in [5.41, 5.74) is 0.367. The van der Waals surface area contributed by atoms with Crippen molar-refractivity contribution in [1.82, 2.24) is 5.32 Å². The van der Waals surface area contributed by atoms with Crippen molar-refractivity contribution in [2.45, 2.75) is 65.2 Å². The van der Waals surface area contributed by atoms with E-state index in [1.54, 1.807) is 0 Å². The van der Waals surface area contributed by atoms with Crippen LogP contribution in [0, 0.1) is 29.1 Å². The highest BCUT2D eigenvalue weighted by Crippen LogP contribution is 2.59. The zero-order chi connectivity index (χ0) is 15.0. The molecule has 4 rings (SSSR count). The van der Waals surface area contributed by atoms with Crippen LogP contribution in [0.25, 0.3) is 0 Å². The summed E-state index contributed by atoms with van der Waals surface area (Å²) in [6.45, 7) is 4.85. The second-order valence-electron chi connectivity index (χ2n) is 8.51. The molecule has 3 heteroatoms. The van der Waals surface area contributed by atoms with Gasteiger partial charge < -0.3 is 5.32 Å². The van der Waals surface area contributed by atoms with Crippen LogP contribution in [0.5, 0.6) is 0 Å². The van der Waals surface area contributed by atoms with Crippen LogP contribution in [0.2, 0.25) is 0 Å². The highest BCUT2D eigenvalue weighted by atomic mass is 16.2. The van der Waals surface area contributed by atoms with Gasteiger partial charge in [0.15, 0.2) is 0 Å². The van der Waals surface area contributed by atoms with Gasteiger partial charge in [-0.2, -0.15) is 0 Å². The van der Waals surface area contributed by atoms with E-state index in [0.29, 0.717) is 17.8 Å². The zero-order valence-electron chi connectivity index (χ0n) is 13.5. The average molecular weight is 291 g/mol. The molecule has 0 aromatic heterocycles. The minimum atomic E-state index is -0.0589. The Labute approximate surface area is 128 Å². The summed E-state index contributed by atoms with van der Waals surface area (Å²) in [6, 6.07) is 0. The highest BCUT2D eigenvalue weighted by Gasteiger charge is 2.50. The van der Waals surface area contributed by atoms with Gasteiger partial charge in [-0.1, -0.05) is 13.8 Å². The van der Waals surface area contributed by atoms with Crippen LogP contribution in [0.4, 0.5) is 0 Å². The summed E-state index contributed by atoms with van der Waals surface area (Å²) in [7, 11) is 0. The lowest BCUT2D eigenvalue weighted by molar-refractivity contribution is -0.129. The largest absolute Gasteiger partial charge is 0.355 e. The third kappa shape index (κ3) is 3.49. The minimum absolute atomic E-state index is 0.0589. The van der Waals surface area contributed by atoms with Crippen molar-refractivity contribution in [3.05, 3.63) is 0 Å². The summed E-state index contributed by atoms with van der Waals surface area (Å²) in [4.78, 5) is 23.7. The van der Waals surface area contributed by atoms with Crippen molar-refractivity contribution in [2.24, 2.45) is 29.1 Å². The molecular formula is C18H29NO2. The molecule has 4 aliphatic rings. The Morgan fingerprint density at radius 1 is 1.05 bits per heavy atom. The molecule has 0 heterocycles. The lowest BCUT2D eigenvalue weighted by atomic mass is 9.49. The molecule has 4 aliphatic carbocycles. The lowest BCUT2D eigenvalue weighted by Crippen LogP contribution is -2.51. The molecule has 4 fully saturated rings. The molecule has 21 heavy (non-hydrogen) atoms. The first kappa shape index (κ1) is 15.1. The molecular weight excluding hydrogens is 262 g/mol. The molecule has 0 atom stereocenters. The Kier molecular flexibility index (Phi) is 4.11. The van der Waals surface area contributed by atoms with Crippen LogP contribution in [-0.4, -0.2) is 18.2 Å². The predicted octanol–water partition coefficient (Wildman–Crippen LogP) is 3.32. The first-order chi connectivity index (χ1) is 9.94. The molecule has 0 aromatic carbocycles. The van der Waals surface area contributed by atoms with Crippen LogP contribution < -0.4 is 5.32 Å². The van der Waals surface area contributed by atoms with E-state index in [-0.39, 0.29) is 18.1 Å². The average Bonchev–Trinajstić information content (AvgIpc) is 2.33. The monoisotopic (exact) mass is 291 g/mol.